The summed E-state index contributed by atoms with van der Waals surface area (Å²) in [5.41, 5.74) is 3.27. The number of rotatable bonds is 0. The van der Waals surface area contributed by atoms with E-state index >= 15 is 0 Å². The van der Waals surface area contributed by atoms with Crippen LogP contribution in [0, 0.1) is 6.92 Å². The van der Waals surface area contributed by atoms with Crippen molar-refractivity contribution in [2.45, 2.75) is 6.92 Å². The lowest BCUT2D eigenvalue weighted by Gasteiger charge is -2.01. The summed E-state index contributed by atoms with van der Waals surface area (Å²) in [6, 6.07) is 10.4. The lowest BCUT2D eigenvalue weighted by Crippen LogP contribution is -1.81. The molecule has 1 aromatic heterocycles. The maximum Gasteiger partial charge on any atom is 0.108 e. The predicted molar refractivity (Wildman–Crippen MR) is 59.7 cm³/mol. The molecule has 0 aliphatic heterocycles. The molecule has 0 atom stereocenters. The highest BCUT2D eigenvalue weighted by molar-refractivity contribution is 7.00. The van der Waals surface area contributed by atoms with Gasteiger partial charge in [-0.1, -0.05) is 24.3 Å². The number of aryl methyl sites for hydroxylation is 1. The van der Waals surface area contributed by atoms with E-state index in [2.05, 4.69) is 39.9 Å². The first kappa shape index (κ1) is 7.88. The van der Waals surface area contributed by atoms with Crippen molar-refractivity contribution < 1.29 is 0 Å². The number of hydrogen-bond donors (Lipinski definition) is 0. The highest BCUT2D eigenvalue weighted by atomic mass is 32.1. The van der Waals surface area contributed by atoms with E-state index in [1.54, 1.807) is 0 Å². The van der Waals surface area contributed by atoms with Crippen molar-refractivity contribution in [1.82, 2.24) is 8.75 Å². The zero-order valence-electron chi connectivity index (χ0n) is 7.69. The van der Waals surface area contributed by atoms with E-state index in [9.17, 15) is 0 Å². The minimum atomic E-state index is 1.01. The second kappa shape index (κ2) is 2.75. The third-order valence-electron chi connectivity index (χ3n) is 2.53. The lowest BCUT2D eigenvalue weighted by molar-refractivity contribution is 1.53. The monoisotopic (exact) mass is 200 g/mol. The minimum absolute atomic E-state index is 1.01. The maximum atomic E-state index is 4.30. The van der Waals surface area contributed by atoms with Gasteiger partial charge in [-0.15, -0.1) is 0 Å². The van der Waals surface area contributed by atoms with Crippen LogP contribution in [-0.2, 0) is 0 Å². The number of fused-ring (bicyclic) bond motifs is 2. The molecule has 0 bridgehead atoms. The maximum absolute atomic E-state index is 4.30. The van der Waals surface area contributed by atoms with Crippen LogP contribution in [0.4, 0.5) is 0 Å². The quantitative estimate of drug-likeness (QED) is 0.557. The molecular formula is C11H8N2S. The standard InChI is InChI=1S/C11H8N2S/c1-7-9-5-3-2-4-8(9)6-10-11(7)13-14-12-10/h2-6H,1H3. The Hall–Kier alpha value is -1.48. The van der Waals surface area contributed by atoms with Crippen LogP contribution in [-0.4, -0.2) is 8.75 Å². The molecule has 0 saturated heterocycles. The van der Waals surface area contributed by atoms with Crippen molar-refractivity contribution in [3.8, 4) is 0 Å². The van der Waals surface area contributed by atoms with Crippen molar-refractivity contribution in [3.63, 3.8) is 0 Å². The second-order valence-corrected chi connectivity index (χ2v) is 3.88. The zero-order chi connectivity index (χ0) is 9.54. The van der Waals surface area contributed by atoms with E-state index in [1.807, 2.05) is 6.07 Å². The van der Waals surface area contributed by atoms with Crippen LogP contribution in [0.5, 0.6) is 0 Å². The molecule has 3 aromatic rings. The van der Waals surface area contributed by atoms with E-state index < -0.39 is 0 Å². The van der Waals surface area contributed by atoms with Crippen LogP contribution >= 0.6 is 11.7 Å². The van der Waals surface area contributed by atoms with Gasteiger partial charge in [0.15, 0.2) is 0 Å². The molecule has 0 N–H and O–H groups in total. The zero-order valence-corrected chi connectivity index (χ0v) is 8.51. The minimum Gasteiger partial charge on any atom is -0.173 e. The Kier molecular flexibility index (Phi) is 1.55. The molecule has 68 valence electrons. The topological polar surface area (TPSA) is 25.8 Å². The first-order valence-corrected chi connectivity index (χ1v) is 5.20. The lowest BCUT2D eigenvalue weighted by atomic mass is 10.0. The third-order valence-corrected chi connectivity index (χ3v) is 3.07. The number of aromatic nitrogens is 2. The smallest absolute Gasteiger partial charge is 0.108 e. The van der Waals surface area contributed by atoms with Gasteiger partial charge in [-0.05, 0) is 29.3 Å². The molecule has 1 heterocycles. The molecule has 0 saturated carbocycles. The van der Waals surface area contributed by atoms with Gasteiger partial charge in [-0.3, -0.25) is 0 Å². The number of nitrogens with zero attached hydrogens (tertiary/aromatic N) is 2. The number of benzene rings is 2. The molecule has 0 aliphatic carbocycles. The van der Waals surface area contributed by atoms with Gasteiger partial charge in [-0.2, -0.15) is 8.75 Å². The highest BCUT2D eigenvalue weighted by Gasteiger charge is 2.05. The van der Waals surface area contributed by atoms with Gasteiger partial charge in [0.05, 0.1) is 11.7 Å². The van der Waals surface area contributed by atoms with Crippen LogP contribution in [0.25, 0.3) is 21.8 Å². The summed E-state index contributed by atoms with van der Waals surface area (Å²) < 4.78 is 8.56. The SMILES string of the molecule is Cc1c2ccccc2cc2nsnc12. The molecule has 2 nitrogen and oxygen atoms in total. The van der Waals surface area contributed by atoms with Crippen LogP contribution < -0.4 is 0 Å². The Bertz CT molecular complexity index is 613. The summed E-state index contributed by atoms with van der Waals surface area (Å²) in [5, 5.41) is 2.51. The molecule has 0 fully saturated rings. The van der Waals surface area contributed by atoms with Gasteiger partial charge in [0.25, 0.3) is 0 Å². The summed E-state index contributed by atoms with van der Waals surface area (Å²) in [5.74, 6) is 0. The van der Waals surface area contributed by atoms with E-state index in [0.717, 1.165) is 11.0 Å². The molecule has 3 rings (SSSR count). The fourth-order valence-electron chi connectivity index (χ4n) is 1.79. The third kappa shape index (κ3) is 0.960. The Morgan fingerprint density at radius 2 is 2.00 bits per heavy atom. The summed E-state index contributed by atoms with van der Waals surface area (Å²) in [7, 11) is 0. The molecule has 2 aromatic carbocycles. The molecule has 0 spiro atoms. The molecule has 14 heavy (non-hydrogen) atoms. The van der Waals surface area contributed by atoms with Crippen LogP contribution in [0.1, 0.15) is 5.56 Å². The second-order valence-electron chi connectivity index (χ2n) is 3.35. The fraction of sp³-hybridized carbons (Fsp3) is 0.0909. The molecule has 3 heteroatoms. The Labute approximate surface area is 85.5 Å². The van der Waals surface area contributed by atoms with Crippen molar-refractivity contribution >= 4 is 33.5 Å². The van der Waals surface area contributed by atoms with Gasteiger partial charge in [0, 0.05) is 0 Å². The van der Waals surface area contributed by atoms with E-state index in [0.29, 0.717) is 0 Å². The molecular weight excluding hydrogens is 192 g/mol. The molecule has 0 aliphatic rings. The van der Waals surface area contributed by atoms with Crippen molar-refractivity contribution in [1.29, 1.82) is 0 Å². The highest BCUT2D eigenvalue weighted by Crippen LogP contribution is 2.25. The molecule has 0 radical (unpaired) electrons. The molecule has 0 unspecified atom stereocenters. The number of hydrogen-bond acceptors (Lipinski definition) is 3. The van der Waals surface area contributed by atoms with E-state index in [-0.39, 0.29) is 0 Å². The normalized spacial score (nSPS) is 11.2. The molecule has 0 amide bonds. The van der Waals surface area contributed by atoms with E-state index in [1.165, 1.54) is 28.1 Å². The summed E-state index contributed by atoms with van der Waals surface area (Å²) in [6.07, 6.45) is 0. The average Bonchev–Trinajstić information content (AvgIpc) is 2.66. The first-order chi connectivity index (χ1) is 6.86. The van der Waals surface area contributed by atoms with Crippen LogP contribution in [0.15, 0.2) is 30.3 Å². The van der Waals surface area contributed by atoms with Gasteiger partial charge in [-0.25, -0.2) is 0 Å². The van der Waals surface area contributed by atoms with E-state index in [4.69, 9.17) is 0 Å². The van der Waals surface area contributed by atoms with Crippen molar-refractivity contribution in [3.05, 3.63) is 35.9 Å². The predicted octanol–water partition coefficient (Wildman–Crippen LogP) is 3.15. The summed E-state index contributed by atoms with van der Waals surface area (Å²) in [6.45, 7) is 2.10. The fourth-order valence-corrected chi connectivity index (χ4v) is 2.37. The van der Waals surface area contributed by atoms with Gasteiger partial charge in [0.2, 0.25) is 0 Å². The van der Waals surface area contributed by atoms with Crippen LogP contribution in [0.3, 0.4) is 0 Å². The van der Waals surface area contributed by atoms with Gasteiger partial charge < -0.3 is 0 Å². The van der Waals surface area contributed by atoms with Crippen LogP contribution in [0.2, 0.25) is 0 Å². The van der Waals surface area contributed by atoms with Gasteiger partial charge in [0.1, 0.15) is 11.0 Å². The Morgan fingerprint density at radius 1 is 1.14 bits per heavy atom. The first-order valence-electron chi connectivity index (χ1n) is 4.47. The largest absolute Gasteiger partial charge is 0.173 e. The average molecular weight is 200 g/mol. The van der Waals surface area contributed by atoms with Crippen molar-refractivity contribution in [2.75, 3.05) is 0 Å². The summed E-state index contributed by atoms with van der Waals surface area (Å²) >= 11 is 1.28. The van der Waals surface area contributed by atoms with Gasteiger partial charge >= 0.3 is 0 Å². The Morgan fingerprint density at radius 3 is 2.93 bits per heavy atom. The summed E-state index contributed by atoms with van der Waals surface area (Å²) in [4.78, 5) is 0. The Balaban J connectivity index is 2.63. The van der Waals surface area contributed by atoms with Crippen molar-refractivity contribution in [2.24, 2.45) is 0 Å².